The van der Waals surface area contributed by atoms with Gasteiger partial charge >= 0.3 is 6.01 Å². The molecule has 43 heavy (non-hydrogen) atoms. The average Bonchev–Trinajstić information content (AvgIpc) is 2.84. The molecule has 0 fully saturated rings. The van der Waals surface area contributed by atoms with E-state index in [1.807, 2.05) is 65.8 Å². The van der Waals surface area contributed by atoms with Crippen LogP contribution in [0.15, 0.2) is 54.7 Å². The van der Waals surface area contributed by atoms with Crippen LogP contribution in [-0.2, 0) is 15.4 Å². The second kappa shape index (κ2) is 11.3. The van der Waals surface area contributed by atoms with Crippen LogP contribution in [0.2, 0.25) is 0 Å². The van der Waals surface area contributed by atoms with Gasteiger partial charge in [-0.2, -0.15) is 4.98 Å². The maximum Gasteiger partial charge on any atom is 0.320 e. The van der Waals surface area contributed by atoms with Crippen molar-refractivity contribution in [3.63, 3.8) is 0 Å². The summed E-state index contributed by atoms with van der Waals surface area (Å²) in [7, 11) is -1.70. The van der Waals surface area contributed by atoms with Gasteiger partial charge in [-0.15, -0.1) is 0 Å². The molecule has 0 bridgehead atoms. The fourth-order valence-electron chi connectivity index (χ4n) is 4.70. The molecule has 3 aromatic carbocycles. The Morgan fingerprint density at radius 3 is 1.95 bits per heavy atom. The van der Waals surface area contributed by atoms with Crippen LogP contribution in [0.25, 0.3) is 33.0 Å². The lowest BCUT2D eigenvalue weighted by Crippen LogP contribution is -2.26. The first kappa shape index (κ1) is 32.1. The number of anilines is 1. The third kappa shape index (κ3) is 8.16. The van der Waals surface area contributed by atoms with Gasteiger partial charge in [0.05, 0.1) is 18.9 Å². The number of hydrogen-bond acceptors (Lipinski definition) is 7. The summed E-state index contributed by atoms with van der Waals surface area (Å²) in [6, 6.07) is 16.1. The van der Waals surface area contributed by atoms with Gasteiger partial charge in [0.15, 0.2) is 0 Å². The zero-order valence-corrected chi connectivity index (χ0v) is 27.9. The van der Waals surface area contributed by atoms with Crippen LogP contribution >= 0.6 is 0 Å². The Bertz CT molecular complexity index is 1760. The van der Waals surface area contributed by atoms with Crippen LogP contribution in [0.5, 0.6) is 17.6 Å². The van der Waals surface area contributed by atoms with Crippen molar-refractivity contribution >= 4 is 26.5 Å². The molecule has 0 atom stereocenters. The molecule has 4 aromatic rings. The average molecular weight is 606 g/mol. The fourth-order valence-corrected chi connectivity index (χ4v) is 5.26. The zero-order chi connectivity index (χ0) is 32.0. The lowest BCUT2D eigenvalue weighted by atomic mass is 9.82. The predicted molar refractivity (Wildman–Crippen MR) is 175 cm³/mol. The summed E-state index contributed by atoms with van der Waals surface area (Å²) in [5, 5.41) is 1.90. The molecule has 4 rings (SSSR count). The van der Waals surface area contributed by atoms with Gasteiger partial charge in [-0.25, -0.2) is 13.4 Å². The maximum absolute atomic E-state index is 11.7. The van der Waals surface area contributed by atoms with Crippen molar-refractivity contribution in [1.29, 1.82) is 0 Å². The van der Waals surface area contributed by atoms with Crippen molar-refractivity contribution in [2.45, 2.75) is 78.9 Å². The predicted octanol–water partition coefficient (Wildman–Crippen LogP) is 8.00. The first-order valence-corrected chi connectivity index (χ1v) is 16.1. The summed E-state index contributed by atoms with van der Waals surface area (Å²) in [6.07, 6.45) is 2.88. The normalized spacial score (nSPS) is 12.7. The highest BCUT2D eigenvalue weighted by Gasteiger charge is 2.28. The van der Waals surface area contributed by atoms with Crippen LogP contribution in [0.3, 0.4) is 0 Å². The molecule has 1 aromatic heterocycles. The van der Waals surface area contributed by atoms with Crippen LogP contribution in [0.4, 0.5) is 5.69 Å². The summed E-state index contributed by atoms with van der Waals surface area (Å²) in [5.74, 6) is 1.13. The number of ether oxygens (including phenoxy) is 3. The molecule has 1 N–H and O–H groups in total. The highest BCUT2D eigenvalue weighted by Crippen LogP contribution is 2.45. The van der Waals surface area contributed by atoms with Gasteiger partial charge in [0.25, 0.3) is 0 Å². The van der Waals surface area contributed by atoms with Gasteiger partial charge in [-0.1, -0.05) is 39.0 Å². The summed E-state index contributed by atoms with van der Waals surface area (Å²) >= 11 is 0. The number of nitrogens with zero attached hydrogens (tertiary/aromatic N) is 2. The van der Waals surface area contributed by atoms with Crippen LogP contribution in [0, 0.1) is 0 Å². The van der Waals surface area contributed by atoms with Crippen molar-refractivity contribution < 1.29 is 22.6 Å². The van der Waals surface area contributed by atoms with Gasteiger partial charge in [0.2, 0.25) is 15.9 Å². The lowest BCUT2D eigenvalue weighted by Gasteiger charge is -2.27. The molecular formula is C34H43N3O5S. The summed E-state index contributed by atoms with van der Waals surface area (Å²) in [6.45, 7) is 18.2. The number of methoxy groups -OCH3 is 1. The Labute approximate surface area is 255 Å². The van der Waals surface area contributed by atoms with Crippen LogP contribution in [0.1, 0.15) is 67.9 Å². The molecular weight excluding hydrogens is 562 g/mol. The van der Waals surface area contributed by atoms with E-state index in [0.29, 0.717) is 17.1 Å². The monoisotopic (exact) mass is 605 g/mol. The molecule has 230 valence electrons. The van der Waals surface area contributed by atoms with E-state index in [1.54, 1.807) is 19.4 Å². The van der Waals surface area contributed by atoms with Gasteiger partial charge < -0.3 is 14.2 Å². The van der Waals surface area contributed by atoms with E-state index in [0.717, 1.165) is 45.0 Å². The molecule has 0 radical (unpaired) electrons. The molecule has 8 nitrogen and oxygen atoms in total. The largest absolute Gasteiger partial charge is 0.496 e. The topological polar surface area (TPSA) is 99.6 Å². The summed E-state index contributed by atoms with van der Waals surface area (Å²) < 4.78 is 44.4. The van der Waals surface area contributed by atoms with Crippen molar-refractivity contribution in [2.24, 2.45) is 0 Å². The molecule has 0 saturated carbocycles. The number of benzene rings is 3. The van der Waals surface area contributed by atoms with E-state index in [9.17, 15) is 8.42 Å². The molecule has 0 amide bonds. The standard InChI is InChI=1S/C34H43N3O5S/c1-32(2,3)28-19-24(22-12-13-23-17-25(37-43(11,38)39)15-14-21(23)16-22)18-26(29(28)40-10)27-20-35-31(42-34(7,8)9)36-30(27)41-33(4,5)6/h12-20,37H,1-11H3. The van der Waals surface area contributed by atoms with E-state index in [2.05, 4.69) is 48.7 Å². The van der Waals surface area contributed by atoms with E-state index in [-0.39, 0.29) is 11.4 Å². The first-order valence-electron chi connectivity index (χ1n) is 14.2. The Balaban J connectivity index is 1.94. The van der Waals surface area contributed by atoms with Crippen molar-refractivity contribution in [3.8, 4) is 39.9 Å². The summed E-state index contributed by atoms with van der Waals surface area (Å²) in [4.78, 5) is 9.26. The van der Waals surface area contributed by atoms with Crippen molar-refractivity contribution in [3.05, 3.63) is 60.3 Å². The Kier molecular flexibility index (Phi) is 8.46. The fraction of sp³-hybridized carbons (Fsp3) is 0.412. The highest BCUT2D eigenvalue weighted by atomic mass is 32.2. The minimum absolute atomic E-state index is 0.237. The van der Waals surface area contributed by atoms with Gasteiger partial charge in [-0.05, 0) is 99.2 Å². The molecule has 0 spiro atoms. The summed E-state index contributed by atoms with van der Waals surface area (Å²) in [5.41, 5.74) is 3.77. The quantitative estimate of drug-likeness (QED) is 0.228. The van der Waals surface area contributed by atoms with E-state index < -0.39 is 21.2 Å². The van der Waals surface area contributed by atoms with Gasteiger partial charge in [-0.3, -0.25) is 4.72 Å². The lowest BCUT2D eigenvalue weighted by molar-refractivity contribution is 0.103. The van der Waals surface area contributed by atoms with E-state index in [1.165, 1.54) is 0 Å². The molecule has 1 heterocycles. The Morgan fingerprint density at radius 1 is 0.744 bits per heavy atom. The van der Waals surface area contributed by atoms with Crippen molar-refractivity contribution in [1.82, 2.24) is 9.97 Å². The maximum atomic E-state index is 11.7. The highest BCUT2D eigenvalue weighted by molar-refractivity contribution is 7.92. The third-order valence-corrected chi connectivity index (χ3v) is 7.01. The van der Waals surface area contributed by atoms with Crippen molar-refractivity contribution in [2.75, 3.05) is 18.1 Å². The van der Waals surface area contributed by atoms with Gasteiger partial charge in [0.1, 0.15) is 17.0 Å². The SMILES string of the molecule is COc1c(-c2cnc(OC(C)(C)C)nc2OC(C)(C)C)cc(-c2ccc3cc(NS(C)(=O)=O)ccc3c2)cc1C(C)(C)C. The number of sulfonamides is 1. The Hall–Kier alpha value is -3.85. The smallest absolute Gasteiger partial charge is 0.320 e. The molecule has 0 aliphatic heterocycles. The third-order valence-electron chi connectivity index (χ3n) is 6.40. The molecule has 0 aliphatic rings. The molecule has 0 unspecified atom stereocenters. The first-order chi connectivity index (χ1) is 19.7. The molecule has 9 heteroatoms. The number of rotatable bonds is 7. The van der Waals surface area contributed by atoms with Gasteiger partial charge in [0, 0.05) is 23.0 Å². The number of hydrogen-bond donors (Lipinski definition) is 1. The number of nitrogens with one attached hydrogen (secondary N) is 1. The van der Waals surface area contributed by atoms with E-state index >= 15 is 0 Å². The van der Waals surface area contributed by atoms with Crippen LogP contribution in [-0.4, -0.2) is 43.0 Å². The molecule has 0 saturated heterocycles. The minimum atomic E-state index is -3.37. The number of fused-ring (bicyclic) bond motifs is 1. The van der Waals surface area contributed by atoms with E-state index in [4.69, 9.17) is 19.2 Å². The minimum Gasteiger partial charge on any atom is -0.496 e. The Morgan fingerprint density at radius 2 is 1.37 bits per heavy atom. The second-order valence-electron chi connectivity index (χ2n) is 13.8. The second-order valence-corrected chi connectivity index (χ2v) is 15.6. The number of aromatic nitrogens is 2. The van der Waals surface area contributed by atoms with Crippen LogP contribution < -0.4 is 18.9 Å². The molecule has 0 aliphatic carbocycles. The zero-order valence-electron chi connectivity index (χ0n) is 27.0.